The van der Waals surface area contributed by atoms with Crippen LogP contribution in [0.2, 0.25) is 0 Å². The van der Waals surface area contributed by atoms with E-state index < -0.39 is 0 Å². The number of benzene rings is 1. The summed E-state index contributed by atoms with van der Waals surface area (Å²) in [6.07, 6.45) is 4.46. The highest BCUT2D eigenvalue weighted by molar-refractivity contribution is 5.92. The van der Waals surface area contributed by atoms with E-state index in [1.54, 1.807) is 0 Å². The zero-order valence-electron chi connectivity index (χ0n) is 16.3. The summed E-state index contributed by atoms with van der Waals surface area (Å²) in [6, 6.07) is 9.27. The van der Waals surface area contributed by atoms with Crippen LogP contribution in [0.25, 0.3) is 22.2 Å². The monoisotopic (exact) mass is 347 g/mol. The van der Waals surface area contributed by atoms with E-state index in [2.05, 4.69) is 67.2 Å². The Morgan fingerprint density at radius 2 is 1.85 bits per heavy atom. The van der Waals surface area contributed by atoms with E-state index in [0.717, 1.165) is 18.8 Å². The van der Waals surface area contributed by atoms with Crippen LogP contribution in [0.15, 0.2) is 30.5 Å². The van der Waals surface area contributed by atoms with Gasteiger partial charge < -0.3 is 10.3 Å². The lowest BCUT2D eigenvalue weighted by Crippen LogP contribution is -2.26. The number of hydrogen-bond donors (Lipinski definition) is 2. The number of nitrogens with zero attached hydrogens (tertiary/aromatic N) is 1. The second-order valence-corrected chi connectivity index (χ2v) is 8.04. The van der Waals surface area contributed by atoms with Crippen LogP contribution in [-0.4, -0.2) is 23.1 Å². The van der Waals surface area contributed by atoms with E-state index in [0.29, 0.717) is 11.8 Å². The van der Waals surface area contributed by atoms with Gasteiger partial charge in [0.1, 0.15) is 0 Å². The van der Waals surface area contributed by atoms with E-state index in [4.69, 9.17) is 0 Å². The third-order valence-corrected chi connectivity index (χ3v) is 5.76. The van der Waals surface area contributed by atoms with Gasteiger partial charge in [0.25, 0.3) is 0 Å². The van der Waals surface area contributed by atoms with E-state index in [9.17, 15) is 0 Å². The molecule has 2 aromatic heterocycles. The lowest BCUT2D eigenvalue weighted by Gasteiger charge is -2.23. The first-order valence-electron chi connectivity index (χ1n) is 9.84. The van der Waals surface area contributed by atoms with Crippen molar-refractivity contribution in [2.75, 3.05) is 13.1 Å². The molecular weight excluding hydrogens is 318 g/mol. The summed E-state index contributed by atoms with van der Waals surface area (Å²) in [7, 11) is 0. The fraction of sp³-hybridized carbons (Fsp3) is 0.435. The van der Waals surface area contributed by atoms with Crippen molar-refractivity contribution in [2.24, 2.45) is 0 Å². The Hall–Kier alpha value is -2.13. The maximum absolute atomic E-state index is 4.45. The fourth-order valence-corrected chi connectivity index (χ4v) is 4.35. The summed E-state index contributed by atoms with van der Waals surface area (Å²) < 4.78 is 0. The molecule has 4 rings (SSSR count). The van der Waals surface area contributed by atoms with E-state index in [-0.39, 0.29) is 0 Å². The summed E-state index contributed by atoms with van der Waals surface area (Å²) in [6.45, 7) is 11.1. The molecule has 3 heteroatoms. The summed E-state index contributed by atoms with van der Waals surface area (Å²) in [5.74, 6) is 1.15. The Morgan fingerprint density at radius 1 is 1.08 bits per heavy atom. The van der Waals surface area contributed by atoms with E-state index in [1.807, 2.05) is 6.20 Å². The van der Waals surface area contributed by atoms with Gasteiger partial charge in [-0.15, -0.1) is 0 Å². The molecule has 1 aliphatic heterocycles. The largest absolute Gasteiger partial charge is 0.354 e. The van der Waals surface area contributed by atoms with Crippen molar-refractivity contribution < 1.29 is 0 Å². The van der Waals surface area contributed by atoms with Crippen molar-refractivity contribution in [1.29, 1.82) is 0 Å². The van der Waals surface area contributed by atoms with Gasteiger partial charge in [-0.2, -0.15) is 0 Å². The summed E-state index contributed by atoms with van der Waals surface area (Å²) in [5, 5.41) is 4.87. The number of nitrogens with one attached hydrogen (secondary N) is 2. The maximum Gasteiger partial charge on any atom is 0.0503 e. The Bertz CT molecular complexity index is 930. The smallest absolute Gasteiger partial charge is 0.0503 e. The molecule has 3 aromatic rings. The molecule has 136 valence electrons. The standard InChI is InChI=1S/C23H29N3/c1-14(2)22-20-12-18(17-7-9-24-10-8-17)5-6-21(20)26-23(22)19-11-16(4)25-13-15(19)3/h5-6,11-14,17,24,26H,7-10H2,1-4H3. The van der Waals surface area contributed by atoms with Crippen LogP contribution in [0.5, 0.6) is 0 Å². The van der Waals surface area contributed by atoms with Gasteiger partial charge in [-0.25, -0.2) is 0 Å². The molecule has 3 nitrogen and oxygen atoms in total. The van der Waals surface area contributed by atoms with Crippen LogP contribution in [0, 0.1) is 13.8 Å². The van der Waals surface area contributed by atoms with E-state index >= 15 is 0 Å². The van der Waals surface area contributed by atoms with Crippen molar-refractivity contribution in [1.82, 2.24) is 15.3 Å². The third kappa shape index (κ3) is 3.05. The molecule has 1 aliphatic rings. The second-order valence-electron chi connectivity index (χ2n) is 8.04. The van der Waals surface area contributed by atoms with Gasteiger partial charge in [0.2, 0.25) is 0 Å². The molecule has 0 aliphatic carbocycles. The quantitative estimate of drug-likeness (QED) is 0.662. The predicted octanol–water partition coefficient (Wildman–Crippen LogP) is 5.44. The molecule has 26 heavy (non-hydrogen) atoms. The Kier molecular flexibility index (Phi) is 4.58. The number of aromatic amines is 1. The summed E-state index contributed by atoms with van der Waals surface area (Å²) in [5.41, 5.74) is 9.01. The molecule has 1 fully saturated rings. The van der Waals surface area contributed by atoms with Gasteiger partial charge >= 0.3 is 0 Å². The topological polar surface area (TPSA) is 40.7 Å². The Balaban J connectivity index is 1.88. The van der Waals surface area contributed by atoms with Crippen LogP contribution in [0.1, 0.15) is 60.9 Å². The molecule has 1 saturated heterocycles. The number of aromatic nitrogens is 2. The lowest BCUT2D eigenvalue weighted by atomic mass is 9.88. The second kappa shape index (κ2) is 6.88. The maximum atomic E-state index is 4.45. The van der Waals surface area contributed by atoms with Crippen molar-refractivity contribution >= 4 is 10.9 Å². The SMILES string of the molecule is Cc1cc(-c2[nH]c3ccc(C4CCNCC4)cc3c2C(C)C)c(C)cn1. The molecule has 2 N–H and O–H groups in total. The van der Waals surface area contributed by atoms with Gasteiger partial charge in [0.05, 0.1) is 5.69 Å². The van der Waals surface area contributed by atoms with Crippen LogP contribution in [0.3, 0.4) is 0 Å². The molecule has 0 atom stereocenters. The number of hydrogen-bond acceptors (Lipinski definition) is 2. The number of fused-ring (bicyclic) bond motifs is 1. The number of aryl methyl sites for hydroxylation is 2. The Morgan fingerprint density at radius 3 is 2.58 bits per heavy atom. The van der Waals surface area contributed by atoms with Gasteiger partial charge in [0.15, 0.2) is 0 Å². The number of piperidine rings is 1. The third-order valence-electron chi connectivity index (χ3n) is 5.76. The minimum atomic E-state index is 0.467. The first-order valence-corrected chi connectivity index (χ1v) is 9.84. The molecule has 0 bridgehead atoms. The lowest BCUT2D eigenvalue weighted by molar-refractivity contribution is 0.460. The minimum absolute atomic E-state index is 0.467. The fourth-order valence-electron chi connectivity index (χ4n) is 4.35. The van der Waals surface area contributed by atoms with Crippen molar-refractivity contribution in [3.8, 4) is 11.3 Å². The van der Waals surface area contributed by atoms with Gasteiger partial charge in [-0.3, -0.25) is 4.98 Å². The Labute approximate surface area is 156 Å². The molecule has 0 saturated carbocycles. The van der Waals surface area contributed by atoms with Gasteiger partial charge in [-0.1, -0.05) is 19.9 Å². The molecular formula is C23H29N3. The van der Waals surface area contributed by atoms with Crippen LogP contribution in [-0.2, 0) is 0 Å². The number of H-pyrrole nitrogens is 1. The zero-order valence-corrected chi connectivity index (χ0v) is 16.3. The van der Waals surface area contributed by atoms with Crippen LogP contribution < -0.4 is 5.32 Å². The van der Waals surface area contributed by atoms with E-state index in [1.165, 1.54) is 51.7 Å². The molecule has 0 unspecified atom stereocenters. The van der Waals surface area contributed by atoms with Crippen LogP contribution >= 0.6 is 0 Å². The molecule has 1 aromatic carbocycles. The van der Waals surface area contributed by atoms with Gasteiger partial charge in [-0.05, 0) is 86.5 Å². The highest BCUT2D eigenvalue weighted by Gasteiger charge is 2.20. The number of rotatable bonds is 3. The highest BCUT2D eigenvalue weighted by atomic mass is 14.9. The average molecular weight is 348 g/mol. The predicted molar refractivity (Wildman–Crippen MR) is 110 cm³/mol. The average Bonchev–Trinajstić information content (AvgIpc) is 3.03. The first kappa shape index (κ1) is 17.3. The summed E-state index contributed by atoms with van der Waals surface area (Å²) in [4.78, 5) is 8.17. The number of pyridine rings is 1. The normalized spacial score (nSPS) is 15.9. The first-order chi connectivity index (χ1) is 12.5. The van der Waals surface area contributed by atoms with Gasteiger partial charge in [0, 0.05) is 28.4 Å². The zero-order chi connectivity index (χ0) is 18.3. The molecule has 0 radical (unpaired) electrons. The highest BCUT2D eigenvalue weighted by Crippen LogP contribution is 2.38. The van der Waals surface area contributed by atoms with Crippen molar-refractivity contribution in [2.45, 2.75) is 52.4 Å². The van der Waals surface area contributed by atoms with Crippen molar-refractivity contribution in [3.05, 3.63) is 52.8 Å². The van der Waals surface area contributed by atoms with Crippen molar-refractivity contribution in [3.63, 3.8) is 0 Å². The molecule has 0 spiro atoms. The molecule has 3 heterocycles. The van der Waals surface area contributed by atoms with Crippen LogP contribution in [0.4, 0.5) is 0 Å². The minimum Gasteiger partial charge on any atom is -0.354 e. The summed E-state index contributed by atoms with van der Waals surface area (Å²) >= 11 is 0. The molecule has 0 amide bonds.